The summed E-state index contributed by atoms with van der Waals surface area (Å²) in [6.45, 7) is 3.79. The third-order valence-corrected chi connectivity index (χ3v) is 1.30. The van der Waals surface area contributed by atoms with Gasteiger partial charge in [0.05, 0.1) is 13.0 Å². The molecule has 0 aromatic heterocycles. The Bertz CT molecular complexity index is 177. The molecule has 0 atom stereocenters. The van der Waals surface area contributed by atoms with Gasteiger partial charge in [0.2, 0.25) is 0 Å². The fraction of sp³-hybridized carbons (Fsp3) is 0.625. The molecule has 0 rings (SSSR count). The van der Waals surface area contributed by atoms with E-state index in [0.29, 0.717) is 6.54 Å². The first-order valence-electron chi connectivity index (χ1n) is 3.86. The second-order valence-electron chi connectivity index (χ2n) is 2.57. The standard InChI is InChI=1S/C8H12F3NO/c1-2-5-12-6-7(13)3-4-8(9,10)11/h2,12H,1,3-6H2. The number of Topliss-reactive ketones (excluding diaryl/α,β-unsaturated/α-hetero) is 1. The highest BCUT2D eigenvalue weighted by Gasteiger charge is 2.27. The van der Waals surface area contributed by atoms with Crippen molar-refractivity contribution in [3.05, 3.63) is 12.7 Å². The molecule has 76 valence electrons. The van der Waals surface area contributed by atoms with Gasteiger partial charge in [0.25, 0.3) is 0 Å². The monoisotopic (exact) mass is 195 g/mol. The van der Waals surface area contributed by atoms with Gasteiger partial charge in [-0.25, -0.2) is 0 Å². The van der Waals surface area contributed by atoms with Crippen molar-refractivity contribution in [3.63, 3.8) is 0 Å². The van der Waals surface area contributed by atoms with Gasteiger partial charge in [0.1, 0.15) is 5.78 Å². The molecular formula is C8H12F3NO. The largest absolute Gasteiger partial charge is 0.389 e. The van der Waals surface area contributed by atoms with Crippen LogP contribution in [0.5, 0.6) is 0 Å². The van der Waals surface area contributed by atoms with Crippen molar-refractivity contribution in [2.45, 2.75) is 19.0 Å². The van der Waals surface area contributed by atoms with Crippen molar-refractivity contribution in [2.75, 3.05) is 13.1 Å². The Morgan fingerprint density at radius 2 is 2.08 bits per heavy atom. The van der Waals surface area contributed by atoms with Gasteiger partial charge in [-0.15, -0.1) is 6.58 Å². The molecule has 0 aliphatic heterocycles. The number of halogens is 3. The van der Waals surface area contributed by atoms with E-state index in [-0.39, 0.29) is 6.54 Å². The van der Waals surface area contributed by atoms with Crippen molar-refractivity contribution < 1.29 is 18.0 Å². The zero-order valence-corrected chi connectivity index (χ0v) is 7.16. The molecule has 0 spiro atoms. The smallest absolute Gasteiger partial charge is 0.307 e. The van der Waals surface area contributed by atoms with Crippen LogP contribution in [0.3, 0.4) is 0 Å². The fourth-order valence-electron chi connectivity index (χ4n) is 0.683. The maximum Gasteiger partial charge on any atom is 0.389 e. The summed E-state index contributed by atoms with van der Waals surface area (Å²) in [7, 11) is 0. The summed E-state index contributed by atoms with van der Waals surface area (Å²) < 4.78 is 34.8. The van der Waals surface area contributed by atoms with Gasteiger partial charge in [0, 0.05) is 13.0 Å². The number of carbonyl (C=O) groups excluding carboxylic acids is 1. The van der Waals surface area contributed by atoms with Crippen LogP contribution in [-0.2, 0) is 4.79 Å². The Labute approximate surface area is 74.8 Å². The first kappa shape index (κ1) is 12.2. The van der Waals surface area contributed by atoms with Crippen LogP contribution in [0.4, 0.5) is 13.2 Å². The van der Waals surface area contributed by atoms with Crippen LogP contribution in [0.2, 0.25) is 0 Å². The third kappa shape index (κ3) is 9.07. The van der Waals surface area contributed by atoms with E-state index in [0.717, 1.165) is 0 Å². The van der Waals surface area contributed by atoms with E-state index in [1.807, 2.05) is 0 Å². The minimum atomic E-state index is -4.24. The Hall–Kier alpha value is -0.840. The van der Waals surface area contributed by atoms with E-state index in [4.69, 9.17) is 0 Å². The highest BCUT2D eigenvalue weighted by molar-refractivity contribution is 5.80. The Kier molecular flexibility index (Phi) is 5.37. The third-order valence-electron chi connectivity index (χ3n) is 1.30. The zero-order chi connectivity index (χ0) is 10.3. The molecule has 2 nitrogen and oxygen atoms in total. The molecule has 13 heavy (non-hydrogen) atoms. The quantitative estimate of drug-likeness (QED) is 0.516. The SMILES string of the molecule is C=CCNCC(=O)CCC(F)(F)F. The Balaban J connectivity index is 3.46. The highest BCUT2D eigenvalue weighted by atomic mass is 19.4. The molecule has 0 saturated heterocycles. The molecule has 0 heterocycles. The molecule has 0 bridgehead atoms. The van der Waals surface area contributed by atoms with Gasteiger partial charge in [-0.1, -0.05) is 6.08 Å². The minimum Gasteiger partial charge on any atom is -0.307 e. The highest BCUT2D eigenvalue weighted by Crippen LogP contribution is 2.21. The lowest BCUT2D eigenvalue weighted by Gasteiger charge is -2.05. The maximum absolute atomic E-state index is 11.6. The summed E-state index contributed by atoms with van der Waals surface area (Å²) in [6.07, 6.45) is -4.19. The molecule has 0 saturated carbocycles. The van der Waals surface area contributed by atoms with Crippen LogP contribution in [0.25, 0.3) is 0 Å². The van der Waals surface area contributed by atoms with Crippen LogP contribution in [0.1, 0.15) is 12.8 Å². The number of hydrogen-bond donors (Lipinski definition) is 1. The van der Waals surface area contributed by atoms with E-state index in [2.05, 4.69) is 11.9 Å². The van der Waals surface area contributed by atoms with Gasteiger partial charge < -0.3 is 5.32 Å². The molecule has 0 aromatic rings. The van der Waals surface area contributed by atoms with E-state index in [1.54, 1.807) is 0 Å². The predicted molar refractivity (Wildman–Crippen MR) is 43.4 cm³/mol. The molecule has 0 unspecified atom stereocenters. The first-order chi connectivity index (χ1) is 5.95. The predicted octanol–water partition coefficient (Wildman–Crippen LogP) is 1.67. The van der Waals surface area contributed by atoms with Gasteiger partial charge in [-0.3, -0.25) is 4.79 Å². The lowest BCUT2D eigenvalue weighted by atomic mass is 10.2. The van der Waals surface area contributed by atoms with E-state index in [9.17, 15) is 18.0 Å². The topological polar surface area (TPSA) is 29.1 Å². The van der Waals surface area contributed by atoms with Crippen molar-refractivity contribution in [2.24, 2.45) is 0 Å². The lowest BCUT2D eigenvalue weighted by Crippen LogP contribution is -2.24. The van der Waals surface area contributed by atoms with Crippen molar-refractivity contribution in [1.82, 2.24) is 5.32 Å². The zero-order valence-electron chi connectivity index (χ0n) is 7.16. The molecule has 0 aromatic carbocycles. The number of ketones is 1. The van der Waals surface area contributed by atoms with Gasteiger partial charge in [0.15, 0.2) is 0 Å². The number of carbonyl (C=O) groups is 1. The van der Waals surface area contributed by atoms with Crippen LogP contribution in [-0.4, -0.2) is 25.0 Å². The van der Waals surface area contributed by atoms with Gasteiger partial charge in [-0.2, -0.15) is 13.2 Å². The molecule has 0 fully saturated rings. The van der Waals surface area contributed by atoms with Gasteiger partial charge >= 0.3 is 6.18 Å². The number of hydrogen-bond acceptors (Lipinski definition) is 2. The summed E-state index contributed by atoms with van der Waals surface area (Å²) in [5.41, 5.74) is 0. The second kappa shape index (κ2) is 5.75. The lowest BCUT2D eigenvalue weighted by molar-refractivity contribution is -0.142. The van der Waals surface area contributed by atoms with E-state index in [1.165, 1.54) is 6.08 Å². The Morgan fingerprint density at radius 3 is 2.54 bits per heavy atom. The van der Waals surface area contributed by atoms with Crippen LogP contribution in [0, 0.1) is 0 Å². The van der Waals surface area contributed by atoms with E-state index < -0.39 is 24.8 Å². The summed E-state index contributed by atoms with van der Waals surface area (Å²) in [5, 5.41) is 2.64. The first-order valence-corrected chi connectivity index (χ1v) is 3.86. The summed E-state index contributed by atoms with van der Waals surface area (Å²) in [5.74, 6) is -0.431. The van der Waals surface area contributed by atoms with Crippen LogP contribution in [0.15, 0.2) is 12.7 Å². The summed E-state index contributed by atoms with van der Waals surface area (Å²) in [4.78, 5) is 10.8. The maximum atomic E-state index is 11.6. The molecule has 0 amide bonds. The Morgan fingerprint density at radius 1 is 1.46 bits per heavy atom. The average Bonchev–Trinajstić information content (AvgIpc) is 2.00. The molecule has 0 aliphatic carbocycles. The van der Waals surface area contributed by atoms with Gasteiger partial charge in [-0.05, 0) is 0 Å². The second-order valence-corrected chi connectivity index (χ2v) is 2.57. The molecular weight excluding hydrogens is 183 g/mol. The van der Waals surface area contributed by atoms with Crippen molar-refractivity contribution in [1.29, 1.82) is 0 Å². The number of rotatable bonds is 6. The van der Waals surface area contributed by atoms with Crippen LogP contribution < -0.4 is 5.32 Å². The molecule has 0 radical (unpaired) electrons. The van der Waals surface area contributed by atoms with Crippen LogP contribution >= 0.6 is 0 Å². The fourth-order valence-corrected chi connectivity index (χ4v) is 0.683. The molecule has 0 aliphatic rings. The van der Waals surface area contributed by atoms with E-state index >= 15 is 0 Å². The molecule has 1 N–H and O–H groups in total. The van der Waals surface area contributed by atoms with Crippen molar-refractivity contribution >= 4 is 5.78 Å². The average molecular weight is 195 g/mol. The number of nitrogens with one attached hydrogen (secondary N) is 1. The number of alkyl halides is 3. The summed E-state index contributed by atoms with van der Waals surface area (Å²) >= 11 is 0. The summed E-state index contributed by atoms with van der Waals surface area (Å²) in [6, 6.07) is 0. The normalized spacial score (nSPS) is 11.3. The minimum absolute atomic E-state index is 0.0257. The molecule has 5 heteroatoms. The van der Waals surface area contributed by atoms with Crippen molar-refractivity contribution in [3.8, 4) is 0 Å².